The van der Waals surface area contributed by atoms with Gasteiger partial charge in [0.25, 0.3) is 0 Å². The average Bonchev–Trinajstić information content (AvgIpc) is 2.35. The predicted molar refractivity (Wildman–Crippen MR) is 64.4 cm³/mol. The standard InChI is InChI=1S/C14H13NO/c1-2-11-9-12-5-3-4-6-13(12)10-14(11)16-8-7-15/h3-6,9-10H,2,8H2,1H3. The van der Waals surface area contributed by atoms with Gasteiger partial charge in [0.05, 0.1) is 0 Å². The monoisotopic (exact) mass is 211 g/mol. The maximum atomic E-state index is 8.53. The summed E-state index contributed by atoms with van der Waals surface area (Å²) in [4.78, 5) is 0. The number of nitrogens with zero attached hydrogens (tertiary/aromatic N) is 1. The zero-order valence-electron chi connectivity index (χ0n) is 9.23. The highest BCUT2D eigenvalue weighted by atomic mass is 16.5. The topological polar surface area (TPSA) is 33.0 Å². The number of nitriles is 1. The number of hydrogen-bond donors (Lipinski definition) is 0. The van der Waals surface area contributed by atoms with Crippen LogP contribution in [-0.2, 0) is 6.42 Å². The molecular weight excluding hydrogens is 198 g/mol. The first-order valence-corrected chi connectivity index (χ1v) is 5.36. The Kier molecular flexibility index (Phi) is 3.07. The lowest BCUT2D eigenvalue weighted by molar-refractivity contribution is 0.365. The molecule has 0 N–H and O–H groups in total. The van der Waals surface area contributed by atoms with Gasteiger partial charge in [-0.15, -0.1) is 0 Å². The second kappa shape index (κ2) is 4.67. The highest BCUT2D eigenvalue weighted by Gasteiger charge is 2.04. The Bertz CT molecular complexity index is 540. The Labute approximate surface area is 95.1 Å². The zero-order chi connectivity index (χ0) is 11.4. The fourth-order valence-corrected chi connectivity index (χ4v) is 1.79. The first kappa shape index (κ1) is 10.5. The van der Waals surface area contributed by atoms with Gasteiger partial charge < -0.3 is 4.74 Å². The molecule has 2 nitrogen and oxygen atoms in total. The van der Waals surface area contributed by atoms with Crippen LogP contribution in [-0.4, -0.2) is 6.61 Å². The van der Waals surface area contributed by atoms with Crippen molar-refractivity contribution < 1.29 is 4.74 Å². The van der Waals surface area contributed by atoms with E-state index in [0.29, 0.717) is 0 Å². The van der Waals surface area contributed by atoms with Crippen LogP contribution in [0, 0.1) is 11.3 Å². The van der Waals surface area contributed by atoms with Gasteiger partial charge in [-0.25, -0.2) is 0 Å². The Morgan fingerprint density at radius 3 is 2.50 bits per heavy atom. The molecule has 0 radical (unpaired) electrons. The van der Waals surface area contributed by atoms with Crippen molar-refractivity contribution in [2.75, 3.05) is 6.61 Å². The van der Waals surface area contributed by atoms with E-state index in [4.69, 9.17) is 10.00 Å². The molecule has 0 aliphatic heterocycles. The molecule has 0 saturated heterocycles. The van der Waals surface area contributed by atoms with Gasteiger partial charge in [-0.3, -0.25) is 0 Å². The molecule has 0 aliphatic carbocycles. The number of aryl methyl sites for hydroxylation is 1. The molecule has 0 saturated carbocycles. The lowest BCUT2D eigenvalue weighted by Crippen LogP contribution is -1.97. The first-order valence-electron chi connectivity index (χ1n) is 5.36. The molecule has 0 bridgehead atoms. The number of benzene rings is 2. The minimum absolute atomic E-state index is 0.103. The van der Waals surface area contributed by atoms with E-state index in [9.17, 15) is 0 Å². The normalized spacial score (nSPS) is 10.0. The zero-order valence-corrected chi connectivity index (χ0v) is 9.23. The summed E-state index contributed by atoms with van der Waals surface area (Å²) in [5.74, 6) is 0.822. The molecule has 0 aromatic heterocycles. The van der Waals surface area contributed by atoms with Crippen LogP contribution in [0.2, 0.25) is 0 Å². The molecule has 0 atom stereocenters. The third-order valence-electron chi connectivity index (χ3n) is 2.60. The van der Waals surface area contributed by atoms with Gasteiger partial charge in [-0.2, -0.15) is 5.26 Å². The Balaban J connectivity index is 2.50. The third-order valence-corrected chi connectivity index (χ3v) is 2.60. The minimum Gasteiger partial charge on any atom is -0.478 e. The van der Waals surface area contributed by atoms with Gasteiger partial charge in [-0.1, -0.05) is 31.2 Å². The average molecular weight is 211 g/mol. The summed E-state index contributed by atoms with van der Waals surface area (Å²) in [5, 5.41) is 10.9. The largest absolute Gasteiger partial charge is 0.478 e. The lowest BCUT2D eigenvalue weighted by Gasteiger charge is -2.09. The summed E-state index contributed by atoms with van der Waals surface area (Å²) >= 11 is 0. The molecule has 0 aliphatic rings. The van der Waals surface area contributed by atoms with E-state index in [-0.39, 0.29) is 6.61 Å². The molecule has 2 rings (SSSR count). The third kappa shape index (κ3) is 1.99. The summed E-state index contributed by atoms with van der Waals surface area (Å²) in [6.45, 7) is 2.19. The van der Waals surface area contributed by atoms with Gasteiger partial charge >= 0.3 is 0 Å². The van der Waals surface area contributed by atoms with Crippen LogP contribution in [0.5, 0.6) is 5.75 Å². The van der Waals surface area contributed by atoms with E-state index in [2.05, 4.69) is 19.1 Å². The van der Waals surface area contributed by atoms with E-state index in [0.717, 1.165) is 23.1 Å². The quantitative estimate of drug-likeness (QED) is 0.780. The highest BCUT2D eigenvalue weighted by Crippen LogP contribution is 2.26. The molecule has 16 heavy (non-hydrogen) atoms. The van der Waals surface area contributed by atoms with Crippen molar-refractivity contribution in [1.29, 1.82) is 5.26 Å². The maximum Gasteiger partial charge on any atom is 0.174 e. The van der Waals surface area contributed by atoms with E-state index < -0.39 is 0 Å². The van der Waals surface area contributed by atoms with Crippen molar-refractivity contribution in [3.05, 3.63) is 42.0 Å². The molecule has 2 aromatic rings. The van der Waals surface area contributed by atoms with Gasteiger partial charge in [0.1, 0.15) is 11.8 Å². The smallest absolute Gasteiger partial charge is 0.174 e. The van der Waals surface area contributed by atoms with Gasteiger partial charge in [0.15, 0.2) is 6.61 Å². The summed E-state index contributed by atoms with van der Waals surface area (Å²) < 4.78 is 5.42. The molecular formula is C14H13NO. The Hall–Kier alpha value is -2.01. The van der Waals surface area contributed by atoms with Crippen LogP contribution >= 0.6 is 0 Å². The fourth-order valence-electron chi connectivity index (χ4n) is 1.79. The van der Waals surface area contributed by atoms with Crippen LogP contribution in [0.1, 0.15) is 12.5 Å². The number of hydrogen-bond acceptors (Lipinski definition) is 2. The van der Waals surface area contributed by atoms with E-state index in [1.807, 2.05) is 30.3 Å². The molecule has 2 aromatic carbocycles. The van der Waals surface area contributed by atoms with Crippen molar-refractivity contribution in [3.8, 4) is 11.8 Å². The molecule has 2 heteroatoms. The van der Waals surface area contributed by atoms with E-state index in [1.165, 1.54) is 5.39 Å². The Morgan fingerprint density at radius 1 is 1.19 bits per heavy atom. The molecule has 0 unspecified atom stereocenters. The predicted octanol–water partition coefficient (Wildman–Crippen LogP) is 3.30. The second-order valence-electron chi connectivity index (χ2n) is 3.61. The van der Waals surface area contributed by atoms with Crippen molar-refractivity contribution in [2.45, 2.75) is 13.3 Å². The number of fused-ring (bicyclic) bond motifs is 1. The summed E-state index contributed by atoms with van der Waals surface area (Å²) in [7, 11) is 0. The molecule has 0 fully saturated rings. The summed E-state index contributed by atoms with van der Waals surface area (Å²) in [6, 6.07) is 14.3. The van der Waals surface area contributed by atoms with Crippen LogP contribution in [0.4, 0.5) is 0 Å². The molecule has 80 valence electrons. The molecule has 0 heterocycles. The maximum absolute atomic E-state index is 8.53. The van der Waals surface area contributed by atoms with E-state index in [1.54, 1.807) is 0 Å². The molecule has 0 amide bonds. The minimum atomic E-state index is 0.103. The van der Waals surface area contributed by atoms with Gasteiger partial charge in [0.2, 0.25) is 0 Å². The highest BCUT2D eigenvalue weighted by molar-refractivity contribution is 5.85. The van der Waals surface area contributed by atoms with E-state index >= 15 is 0 Å². The second-order valence-corrected chi connectivity index (χ2v) is 3.61. The van der Waals surface area contributed by atoms with Crippen molar-refractivity contribution in [3.63, 3.8) is 0 Å². The number of ether oxygens (including phenoxy) is 1. The van der Waals surface area contributed by atoms with Crippen molar-refractivity contribution in [1.82, 2.24) is 0 Å². The van der Waals surface area contributed by atoms with Crippen LogP contribution < -0.4 is 4.74 Å². The number of rotatable bonds is 3. The van der Waals surface area contributed by atoms with Crippen molar-refractivity contribution in [2.24, 2.45) is 0 Å². The summed E-state index contributed by atoms with van der Waals surface area (Å²) in [5.41, 5.74) is 1.15. The summed E-state index contributed by atoms with van der Waals surface area (Å²) in [6.07, 6.45) is 0.908. The van der Waals surface area contributed by atoms with Gasteiger partial charge in [-0.05, 0) is 34.9 Å². The van der Waals surface area contributed by atoms with Crippen LogP contribution in [0.25, 0.3) is 10.8 Å². The van der Waals surface area contributed by atoms with Crippen LogP contribution in [0.15, 0.2) is 36.4 Å². The SMILES string of the molecule is CCc1cc2ccccc2cc1OCC#N. The van der Waals surface area contributed by atoms with Crippen molar-refractivity contribution >= 4 is 10.8 Å². The Morgan fingerprint density at radius 2 is 1.88 bits per heavy atom. The lowest BCUT2D eigenvalue weighted by atomic mass is 10.0. The molecule has 0 spiro atoms. The fraction of sp³-hybridized carbons (Fsp3) is 0.214. The van der Waals surface area contributed by atoms with Gasteiger partial charge in [0, 0.05) is 0 Å². The van der Waals surface area contributed by atoms with Crippen LogP contribution in [0.3, 0.4) is 0 Å². The first-order chi connectivity index (χ1) is 7.85.